The van der Waals surface area contributed by atoms with Gasteiger partial charge in [0.15, 0.2) is 0 Å². The second-order valence-corrected chi connectivity index (χ2v) is 4.92. The van der Waals surface area contributed by atoms with Crippen LogP contribution in [0.15, 0.2) is 54.7 Å². The fourth-order valence-electron chi connectivity index (χ4n) is 2.02. The minimum atomic E-state index is -0.377. The highest BCUT2D eigenvalue weighted by molar-refractivity contribution is 6.30. The van der Waals surface area contributed by atoms with Crippen molar-refractivity contribution in [3.05, 3.63) is 71.1 Å². The number of carbonyl (C=O) groups excluding carboxylic acids is 1. The summed E-state index contributed by atoms with van der Waals surface area (Å²) in [5.41, 5.74) is 1.60. The van der Waals surface area contributed by atoms with Crippen molar-refractivity contribution in [2.45, 2.75) is 0 Å². The highest BCUT2D eigenvalue weighted by Crippen LogP contribution is 2.23. The van der Waals surface area contributed by atoms with E-state index in [4.69, 9.17) is 11.6 Å². The summed E-state index contributed by atoms with van der Waals surface area (Å²) in [4.78, 5) is 16.3. The van der Waals surface area contributed by atoms with Gasteiger partial charge in [0.1, 0.15) is 5.82 Å². The van der Waals surface area contributed by atoms with Crippen molar-refractivity contribution in [1.29, 1.82) is 0 Å². The van der Waals surface area contributed by atoms with Crippen molar-refractivity contribution in [3.63, 3.8) is 0 Å². The van der Waals surface area contributed by atoms with Crippen molar-refractivity contribution in [3.8, 4) is 0 Å². The lowest BCUT2D eigenvalue weighted by Gasteiger charge is -2.08. The van der Waals surface area contributed by atoms with Gasteiger partial charge in [0, 0.05) is 22.2 Å². The molecular formula is C16H10ClFN2O. The molecule has 0 saturated heterocycles. The minimum Gasteiger partial charge on any atom is -0.321 e. The van der Waals surface area contributed by atoms with Crippen LogP contribution in [0.3, 0.4) is 0 Å². The normalized spacial score (nSPS) is 10.6. The number of hydrogen-bond acceptors (Lipinski definition) is 2. The molecule has 3 aromatic rings. The van der Waals surface area contributed by atoms with Gasteiger partial charge < -0.3 is 5.32 Å². The molecule has 0 aliphatic heterocycles. The molecule has 104 valence electrons. The third kappa shape index (κ3) is 2.85. The van der Waals surface area contributed by atoms with E-state index in [-0.39, 0.29) is 11.7 Å². The molecule has 1 amide bonds. The first-order valence-electron chi connectivity index (χ1n) is 6.25. The molecule has 5 heteroatoms. The Bertz CT molecular complexity index is 818. The highest BCUT2D eigenvalue weighted by Gasteiger charge is 2.09. The van der Waals surface area contributed by atoms with E-state index in [1.807, 2.05) is 0 Å². The van der Waals surface area contributed by atoms with E-state index < -0.39 is 0 Å². The first kappa shape index (κ1) is 13.5. The number of nitrogens with one attached hydrogen (secondary N) is 1. The van der Waals surface area contributed by atoms with Crippen molar-refractivity contribution >= 4 is 34.1 Å². The zero-order valence-electron chi connectivity index (χ0n) is 10.8. The lowest BCUT2D eigenvalue weighted by atomic mass is 10.1. The van der Waals surface area contributed by atoms with Crippen LogP contribution >= 0.6 is 11.6 Å². The van der Waals surface area contributed by atoms with E-state index in [1.54, 1.807) is 42.6 Å². The lowest BCUT2D eigenvalue weighted by Crippen LogP contribution is -2.12. The van der Waals surface area contributed by atoms with Crippen LogP contribution in [0.4, 0.5) is 10.1 Å². The van der Waals surface area contributed by atoms with Crippen LogP contribution in [-0.4, -0.2) is 10.9 Å². The van der Waals surface area contributed by atoms with Gasteiger partial charge in [-0.2, -0.15) is 0 Å². The number of anilines is 1. The molecule has 1 aromatic heterocycles. The molecule has 0 fully saturated rings. The molecule has 0 saturated carbocycles. The van der Waals surface area contributed by atoms with E-state index >= 15 is 0 Å². The van der Waals surface area contributed by atoms with E-state index in [1.165, 1.54) is 12.1 Å². The smallest absolute Gasteiger partial charge is 0.255 e. The summed E-state index contributed by atoms with van der Waals surface area (Å²) in [5, 5.41) is 3.87. The maximum atomic E-state index is 13.4. The number of rotatable bonds is 2. The van der Waals surface area contributed by atoms with Crippen LogP contribution in [0.2, 0.25) is 5.02 Å². The number of amides is 1. The van der Waals surface area contributed by atoms with E-state index in [2.05, 4.69) is 10.3 Å². The van der Waals surface area contributed by atoms with Crippen molar-refractivity contribution < 1.29 is 9.18 Å². The Kier molecular flexibility index (Phi) is 3.54. The summed E-state index contributed by atoms with van der Waals surface area (Å²) in [6, 6.07) is 12.4. The largest absolute Gasteiger partial charge is 0.321 e. The van der Waals surface area contributed by atoms with Gasteiger partial charge in [-0.15, -0.1) is 0 Å². The Balaban J connectivity index is 1.96. The SMILES string of the molecule is O=C(Nc1ccnc2ccc(F)cc12)c1ccc(Cl)cc1. The van der Waals surface area contributed by atoms with Crippen molar-refractivity contribution in [2.75, 3.05) is 5.32 Å². The Morgan fingerprint density at radius 1 is 1.10 bits per heavy atom. The van der Waals surface area contributed by atoms with Crippen LogP contribution in [0, 0.1) is 5.82 Å². The maximum absolute atomic E-state index is 13.4. The third-order valence-electron chi connectivity index (χ3n) is 3.06. The zero-order chi connectivity index (χ0) is 14.8. The van der Waals surface area contributed by atoms with Crippen LogP contribution in [0.5, 0.6) is 0 Å². The van der Waals surface area contributed by atoms with Gasteiger partial charge in [-0.1, -0.05) is 11.6 Å². The zero-order valence-corrected chi connectivity index (χ0v) is 11.6. The number of pyridine rings is 1. The lowest BCUT2D eigenvalue weighted by molar-refractivity contribution is 0.102. The molecule has 0 unspecified atom stereocenters. The summed E-state index contributed by atoms with van der Waals surface area (Å²) in [6.45, 7) is 0. The Morgan fingerprint density at radius 3 is 2.62 bits per heavy atom. The van der Waals surface area contributed by atoms with Gasteiger partial charge in [-0.05, 0) is 48.5 Å². The van der Waals surface area contributed by atoms with Gasteiger partial charge in [-0.3, -0.25) is 9.78 Å². The second kappa shape index (κ2) is 5.50. The first-order chi connectivity index (χ1) is 10.1. The monoisotopic (exact) mass is 300 g/mol. The van der Waals surface area contributed by atoms with Crippen LogP contribution < -0.4 is 5.32 Å². The summed E-state index contributed by atoms with van der Waals surface area (Å²) >= 11 is 5.79. The Labute approximate surface area is 125 Å². The molecule has 0 aliphatic carbocycles. The van der Waals surface area contributed by atoms with Gasteiger partial charge in [0.2, 0.25) is 0 Å². The van der Waals surface area contributed by atoms with Gasteiger partial charge in [-0.25, -0.2) is 4.39 Å². The minimum absolute atomic E-state index is 0.288. The first-order valence-corrected chi connectivity index (χ1v) is 6.62. The molecule has 0 radical (unpaired) electrons. The van der Waals surface area contributed by atoms with Crippen LogP contribution in [0.25, 0.3) is 10.9 Å². The quantitative estimate of drug-likeness (QED) is 0.767. The van der Waals surface area contributed by atoms with Crippen LogP contribution in [-0.2, 0) is 0 Å². The molecule has 0 aliphatic rings. The van der Waals surface area contributed by atoms with Crippen molar-refractivity contribution in [2.24, 2.45) is 0 Å². The predicted molar refractivity (Wildman–Crippen MR) is 81.1 cm³/mol. The summed E-state index contributed by atoms with van der Waals surface area (Å²) in [6.07, 6.45) is 1.57. The summed E-state index contributed by atoms with van der Waals surface area (Å²) in [7, 11) is 0. The maximum Gasteiger partial charge on any atom is 0.255 e. The Hall–Kier alpha value is -2.46. The number of halogens is 2. The number of benzene rings is 2. The summed E-state index contributed by atoms with van der Waals surface area (Å²) < 4.78 is 13.4. The fourth-order valence-corrected chi connectivity index (χ4v) is 2.15. The molecule has 0 spiro atoms. The molecule has 0 atom stereocenters. The van der Waals surface area contributed by atoms with E-state index in [0.717, 1.165) is 0 Å². The summed E-state index contributed by atoms with van der Waals surface area (Å²) in [5.74, 6) is -0.666. The molecule has 1 N–H and O–H groups in total. The van der Waals surface area contributed by atoms with E-state index in [9.17, 15) is 9.18 Å². The van der Waals surface area contributed by atoms with Gasteiger partial charge in [0.25, 0.3) is 5.91 Å². The van der Waals surface area contributed by atoms with E-state index in [0.29, 0.717) is 27.2 Å². The topological polar surface area (TPSA) is 42.0 Å². The molecule has 2 aromatic carbocycles. The average molecular weight is 301 g/mol. The molecule has 0 bridgehead atoms. The third-order valence-corrected chi connectivity index (χ3v) is 3.31. The second-order valence-electron chi connectivity index (χ2n) is 4.48. The average Bonchev–Trinajstić information content (AvgIpc) is 2.48. The fraction of sp³-hybridized carbons (Fsp3) is 0. The van der Waals surface area contributed by atoms with Crippen LogP contribution in [0.1, 0.15) is 10.4 Å². The molecule has 3 nitrogen and oxygen atoms in total. The van der Waals surface area contributed by atoms with Gasteiger partial charge in [0.05, 0.1) is 11.2 Å². The predicted octanol–water partition coefficient (Wildman–Crippen LogP) is 4.28. The number of hydrogen-bond donors (Lipinski definition) is 1. The van der Waals surface area contributed by atoms with Crippen molar-refractivity contribution in [1.82, 2.24) is 4.98 Å². The Morgan fingerprint density at radius 2 is 1.86 bits per heavy atom. The molecule has 3 rings (SSSR count). The number of fused-ring (bicyclic) bond motifs is 1. The standard InChI is InChI=1S/C16H10ClFN2O/c17-11-3-1-10(2-4-11)16(21)20-15-7-8-19-14-6-5-12(18)9-13(14)15/h1-9H,(H,19,20,21). The number of aromatic nitrogens is 1. The molecule has 21 heavy (non-hydrogen) atoms. The molecular weight excluding hydrogens is 291 g/mol. The molecule has 1 heterocycles. The number of carbonyl (C=O) groups is 1. The van der Waals surface area contributed by atoms with Gasteiger partial charge >= 0.3 is 0 Å². The highest BCUT2D eigenvalue weighted by atomic mass is 35.5. The number of nitrogens with zero attached hydrogens (tertiary/aromatic N) is 1.